The first kappa shape index (κ1) is 20.3. The summed E-state index contributed by atoms with van der Waals surface area (Å²) in [6.45, 7) is 8.30. The van der Waals surface area contributed by atoms with Gasteiger partial charge in [0.25, 0.3) is 0 Å². The second kappa shape index (κ2) is 9.16. The van der Waals surface area contributed by atoms with Crippen LogP contribution in [0.2, 0.25) is 0 Å². The summed E-state index contributed by atoms with van der Waals surface area (Å²) in [7, 11) is 0. The minimum atomic E-state index is -0.506. The highest BCUT2D eigenvalue weighted by atomic mass is 32.2. The number of benzene rings is 1. The van der Waals surface area contributed by atoms with Gasteiger partial charge in [0.15, 0.2) is 5.17 Å². The Hall–Kier alpha value is -2.45. The minimum absolute atomic E-state index is 0.0833. The predicted molar refractivity (Wildman–Crippen MR) is 116 cm³/mol. The van der Waals surface area contributed by atoms with E-state index in [1.54, 1.807) is 17.2 Å². The van der Waals surface area contributed by atoms with Crippen LogP contribution in [0.25, 0.3) is 0 Å². The van der Waals surface area contributed by atoms with E-state index in [-0.39, 0.29) is 18.2 Å². The van der Waals surface area contributed by atoms with Crippen molar-refractivity contribution in [1.29, 1.82) is 0 Å². The van der Waals surface area contributed by atoms with E-state index < -0.39 is 5.25 Å². The Balaban J connectivity index is 1.66. The fourth-order valence-electron chi connectivity index (χ4n) is 2.71. The number of thiazole rings is 1. The molecule has 1 fully saturated rings. The van der Waals surface area contributed by atoms with Crippen LogP contribution in [0.15, 0.2) is 53.5 Å². The molecule has 0 bridgehead atoms. The van der Waals surface area contributed by atoms with E-state index in [9.17, 15) is 9.59 Å². The van der Waals surface area contributed by atoms with Gasteiger partial charge >= 0.3 is 0 Å². The number of rotatable bonds is 7. The summed E-state index contributed by atoms with van der Waals surface area (Å²) in [5.41, 5.74) is 1.94. The van der Waals surface area contributed by atoms with E-state index >= 15 is 0 Å². The summed E-state index contributed by atoms with van der Waals surface area (Å²) in [5.74, 6) is 0.103. The lowest BCUT2D eigenvalue weighted by atomic mass is 10.0. The molecule has 0 aliphatic carbocycles. The van der Waals surface area contributed by atoms with Gasteiger partial charge in [0.1, 0.15) is 5.25 Å². The normalized spacial score (nSPS) is 18.1. The molecule has 1 N–H and O–H groups in total. The van der Waals surface area contributed by atoms with E-state index in [1.807, 2.05) is 29.6 Å². The molecule has 1 atom stereocenters. The summed E-state index contributed by atoms with van der Waals surface area (Å²) < 4.78 is 0. The van der Waals surface area contributed by atoms with Crippen LogP contribution in [0.4, 0.5) is 10.8 Å². The Morgan fingerprint density at radius 1 is 1.39 bits per heavy atom. The van der Waals surface area contributed by atoms with Crippen molar-refractivity contribution < 1.29 is 9.59 Å². The van der Waals surface area contributed by atoms with Gasteiger partial charge in [-0.1, -0.05) is 43.8 Å². The predicted octanol–water partition coefficient (Wildman–Crippen LogP) is 4.41. The number of amides is 2. The number of hydrogen-bond donors (Lipinski definition) is 1. The maximum Gasteiger partial charge on any atom is 0.242 e. The molecule has 2 amide bonds. The first-order valence-electron chi connectivity index (χ1n) is 8.95. The van der Waals surface area contributed by atoms with Crippen molar-refractivity contribution in [3.63, 3.8) is 0 Å². The Labute approximate surface area is 172 Å². The molecule has 8 heteroatoms. The highest BCUT2D eigenvalue weighted by Gasteiger charge is 2.38. The molecule has 0 radical (unpaired) electrons. The molecular weight excluding hydrogens is 392 g/mol. The van der Waals surface area contributed by atoms with Gasteiger partial charge in [-0.05, 0) is 23.6 Å². The Morgan fingerprint density at radius 2 is 2.14 bits per heavy atom. The fraction of sp³-hybridized carbons (Fsp3) is 0.300. The van der Waals surface area contributed by atoms with Gasteiger partial charge in [0.2, 0.25) is 16.9 Å². The number of amidine groups is 1. The highest BCUT2D eigenvalue weighted by Crippen LogP contribution is 2.32. The van der Waals surface area contributed by atoms with Crippen LogP contribution in [0, 0.1) is 0 Å². The molecule has 2 aromatic rings. The molecule has 146 valence electrons. The van der Waals surface area contributed by atoms with E-state index in [4.69, 9.17) is 0 Å². The van der Waals surface area contributed by atoms with Crippen LogP contribution in [-0.2, 0) is 9.59 Å². The van der Waals surface area contributed by atoms with Crippen LogP contribution < -0.4 is 5.32 Å². The van der Waals surface area contributed by atoms with E-state index in [0.717, 1.165) is 5.69 Å². The standard InChI is InChI=1S/C20H22N4O2S2/c1-4-10-24-18(26)16(28-20(24)23-19-21-9-11-27-19)12-17(25)22-15-7-5-14(6-8-15)13(2)3/h4-9,11,13,16H,1,10,12H2,2-3H3,(H,22,25). The van der Waals surface area contributed by atoms with Crippen molar-refractivity contribution in [1.82, 2.24) is 9.88 Å². The van der Waals surface area contributed by atoms with Crippen molar-refractivity contribution in [3.05, 3.63) is 54.1 Å². The average molecular weight is 415 g/mol. The van der Waals surface area contributed by atoms with Crippen molar-refractivity contribution in [3.8, 4) is 0 Å². The topological polar surface area (TPSA) is 74.7 Å². The monoisotopic (exact) mass is 414 g/mol. The molecule has 2 heterocycles. The maximum atomic E-state index is 12.7. The SMILES string of the molecule is C=CCN1C(=O)C(CC(=O)Nc2ccc(C(C)C)cc2)SC1=Nc1nccs1. The molecule has 1 aliphatic heterocycles. The van der Waals surface area contributed by atoms with E-state index in [0.29, 0.717) is 22.8 Å². The number of aromatic nitrogens is 1. The van der Waals surface area contributed by atoms with Gasteiger partial charge < -0.3 is 5.32 Å². The summed E-state index contributed by atoms with van der Waals surface area (Å²) in [5, 5.41) is 5.33. The molecular formula is C20H22N4O2S2. The zero-order valence-corrected chi connectivity index (χ0v) is 17.4. The Kier molecular flexibility index (Phi) is 6.64. The molecule has 6 nitrogen and oxygen atoms in total. The first-order chi connectivity index (χ1) is 13.5. The number of thioether (sulfide) groups is 1. The number of carbonyl (C=O) groups is 2. The zero-order valence-electron chi connectivity index (χ0n) is 15.8. The zero-order chi connectivity index (χ0) is 20.1. The molecule has 28 heavy (non-hydrogen) atoms. The summed E-state index contributed by atoms with van der Waals surface area (Å²) in [6, 6.07) is 7.77. The third-order valence-electron chi connectivity index (χ3n) is 4.17. The third kappa shape index (κ3) is 4.88. The largest absolute Gasteiger partial charge is 0.326 e. The lowest BCUT2D eigenvalue weighted by molar-refractivity contribution is -0.127. The molecule has 3 rings (SSSR count). The van der Waals surface area contributed by atoms with Crippen LogP contribution in [-0.4, -0.2) is 38.7 Å². The summed E-state index contributed by atoms with van der Waals surface area (Å²) in [6.07, 6.45) is 3.40. The number of aliphatic imine (C=N–C) groups is 1. The number of nitrogens with one attached hydrogen (secondary N) is 1. The Morgan fingerprint density at radius 3 is 2.75 bits per heavy atom. The highest BCUT2D eigenvalue weighted by molar-refractivity contribution is 8.15. The number of anilines is 1. The second-order valence-electron chi connectivity index (χ2n) is 6.58. The van der Waals surface area contributed by atoms with Crippen molar-refractivity contribution >= 4 is 50.9 Å². The molecule has 0 saturated carbocycles. The smallest absolute Gasteiger partial charge is 0.242 e. The fourth-order valence-corrected chi connectivity index (χ4v) is 4.42. The maximum absolute atomic E-state index is 12.7. The second-order valence-corrected chi connectivity index (χ2v) is 8.62. The molecule has 1 unspecified atom stereocenters. The Bertz CT molecular complexity index is 876. The van der Waals surface area contributed by atoms with Crippen LogP contribution in [0.3, 0.4) is 0 Å². The van der Waals surface area contributed by atoms with Crippen LogP contribution in [0.5, 0.6) is 0 Å². The van der Waals surface area contributed by atoms with Crippen molar-refractivity contribution in [2.75, 3.05) is 11.9 Å². The van der Waals surface area contributed by atoms with Gasteiger partial charge in [-0.15, -0.1) is 17.9 Å². The van der Waals surface area contributed by atoms with Crippen LogP contribution >= 0.6 is 23.1 Å². The lowest BCUT2D eigenvalue weighted by Crippen LogP contribution is -2.33. The van der Waals surface area contributed by atoms with Gasteiger partial charge in [0.05, 0.1) is 0 Å². The molecule has 1 saturated heterocycles. The molecule has 0 spiro atoms. The van der Waals surface area contributed by atoms with Gasteiger partial charge in [-0.3, -0.25) is 14.5 Å². The van der Waals surface area contributed by atoms with Crippen molar-refractivity contribution in [2.45, 2.75) is 31.4 Å². The molecule has 1 aromatic carbocycles. The number of carbonyl (C=O) groups excluding carboxylic acids is 2. The van der Waals surface area contributed by atoms with E-state index in [2.05, 4.69) is 35.7 Å². The summed E-state index contributed by atoms with van der Waals surface area (Å²) >= 11 is 2.69. The van der Waals surface area contributed by atoms with Crippen LogP contribution in [0.1, 0.15) is 31.7 Å². The summed E-state index contributed by atoms with van der Waals surface area (Å²) in [4.78, 5) is 35.3. The number of nitrogens with zero attached hydrogens (tertiary/aromatic N) is 3. The quantitative estimate of drug-likeness (QED) is 0.681. The molecule has 1 aromatic heterocycles. The van der Waals surface area contributed by atoms with Crippen molar-refractivity contribution in [2.24, 2.45) is 4.99 Å². The van der Waals surface area contributed by atoms with Gasteiger partial charge in [-0.25, -0.2) is 4.98 Å². The molecule has 1 aliphatic rings. The lowest BCUT2D eigenvalue weighted by Gasteiger charge is -2.13. The minimum Gasteiger partial charge on any atom is -0.326 e. The average Bonchev–Trinajstić information content (AvgIpc) is 3.27. The number of hydrogen-bond acceptors (Lipinski definition) is 6. The van der Waals surface area contributed by atoms with Gasteiger partial charge in [-0.2, -0.15) is 4.99 Å². The van der Waals surface area contributed by atoms with Gasteiger partial charge in [0, 0.05) is 30.2 Å². The third-order valence-corrected chi connectivity index (χ3v) is 6.01. The van der Waals surface area contributed by atoms with E-state index in [1.165, 1.54) is 28.7 Å². The first-order valence-corrected chi connectivity index (χ1v) is 10.7.